The highest BCUT2D eigenvalue weighted by Crippen LogP contribution is 2.41. The van der Waals surface area contributed by atoms with Crippen molar-refractivity contribution in [1.29, 1.82) is 0 Å². The van der Waals surface area contributed by atoms with E-state index in [1.54, 1.807) is 18.0 Å². The van der Waals surface area contributed by atoms with Crippen molar-refractivity contribution < 1.29 is 9.21 Å². The number of carbonyl (C=O) groups is 1. The second kappa shape index (κ2) is 11.0. The molecular weight excluding hydrogens is 488 g/mol. The fourth-order valence-electron chi connectivity index (χ4n) is 4.19. The number of carbonyl (C=O) groups excluding carboxylic acids is 1. The molecule has 0 saturated carbocycles. The van der Waals surface area contributed by atoms with Crippen molar-refractivity contribution in [2.45, 2.75) is 35.4 Å². The first-order valence-electron chi connectivity index (χ1n) is 11.7. The van der Waals surface area contributed by atoms with Crippen LogP contribution in [0.25, 0.3) is 0 Å². The van der Waals surface area contributed by atoms with Crippen LogP contribution in [0.2, 0.25) is 0 Å². The predicted octanol–water partition coefficient (Wildman–Crippen LogP) is 6.14. The summed E-state index contributed by atoms with van der Waals surface area (Å²) in [6.07, 6.45) is 2.06. The zero-order valence-corrected chi connectivity index (χ0v) is 21.4. The van der Waals surface area contributed by atoms with Gasteiger partial charge in [0.2, 0.25) is 5.91 Å². The van der Waals surface area contributed by atoms with E-state index in [-0.39, 0.29) is 24.4 Å². The van der Waals surface area contributed by atoms with Gasteiger partial charge >= 0.3 is 0 Å². The number of aromatic nitrogens is 1. The molecule has 0 bridgehead atoms. The molecule has 1 aliphatic rings. The number of amides is 1. The first kappa shape index (κ1) is 24.1. The Labute approximate surface area is 220 Å². The first-order chi connectivity index (χ1) is 17.6. The number of nitrogens with one attached hydrogen (secondary N) is 2. The fourth-order valence-corrected chi connectivity index (χ4v) is 5.32. The zero-order valence-electron chi connectivity index (χ0n) is 19.8. The number of rotatable bonds is 8. The average molecular weight is 515 g/mol. The summed E-state index contributed by atoms with van der Waals surface area (Å²) in [6, 6.07) is 27.2. The van der Waals surface area contributed by atoms with Crippen LogP contribution >= 0.6 is 24.0 Å². The van der Waals surface area contributed by atoms with Crippen molar-refractivity contribution in [3.63, 3.8) is 0 Å². The van der Waals surface area contributed by atoms with E-state index in [2.05, 4.69) is 27.8 Å². The zero-order chi connectivity index (χ0) is 24.9. The topological polar surface area (TPSA) is 70.4 Å². The summed E-state index contributed by atoms with van der Waals surface area (Å²) in [5.41, 5.74) is 2.79. The molecule has 2 aromatic heterocycles. The van der Waals surface area contributed by atoms with Crippen LogP contribution in [-0.4, -0.2) is 27.4 Å². The van der Waals surface area contributed by atoms with Crippen molar-refractivity contribution in [2.24, 2.45) is 0 Å². The summed E-state index contributed by atoms with van der Waals surface area (Å²) < 4.78 is 6.31. The Kier molecular flexibility index (Phi) is 7.34. The standard InChI is InChI=1S/C28H26N4O2S2/c1-19-10-12-20(13-11-19)30-24(33)16-18-32-27(26(31-28(32)35)22-9-5-6-17-29-22)23-14-15-25(34-23)36-21-7-3-2-4-8-21/h2-15,17,26-27H,16,18H2,1H3,(H,30,33)(H,31,35)/t26-,27-/m0/s1. The molecule has 0 spiro atoms. The normalized spacial score (nSPS) is 17.1. The van der Waals surface area contributed by atoms with Crippen molar-refractivity contribution in [1.82, 2.24) is 15.2 Å². The number of furan rings is 1. The van der Waals surface area contributed by atoms with Crippen LogP contribution in [0.15, 0.2) is 106 Å². The Morgan fingerprint density at radius 1 is 1.06 bits per heavy atom. The Hall–Kier alpha value is -3.62. The van der Waals surface area contributed by atoms with Crippen LogP contribution in [0.3, 0.4) is 0 Å². The van der Waals surface area contributed by atoms with Gasteiger partial charge in [0, 0.05) is 29.7 Å². The maximum Gasteiger partial charge on any atom is 0.226 e. The van der Waals surface area contributed by atoms with Gasteiger partial charge in [0.15, 0.2) is 10.2 Å². The highest BCUT2D eigenvalue weighted by Gasteiger charge is 2.41. The molecule has 1 saturated heterocycles. The summed E-state index contributed by atoms with van der Waals surface area (Å²) >= 11 is 7.28. The van der Waals surface area contributed by atoms with Gasteiger partial charge in [-0.25, -0.2) is 0 Å². The van der Waals surface area contributed by atoms with Crippen LogP contribution in [0.1, 0.15) is 35.5 Å². The lowest BCUT2D eigenvalue weighted by Crippen LogP contribution is -2.32. The van der Waals surface area contributed by atoms with Gasteiger partial charge in [-0.3, -0.25) is 9.78 Å². The predicted molar refractivity (Wildman–Crippen MR) is 146 cm³/mol. The second-order valence-corrected chi connectivity index (χ2v) is 10.0. The quantitative estimate of drug-likeness (QED) is 0.274. The van der Waals surface area contributed by atoms with Crippen molar-refractivity contribution in [2.75, 3.05) is 11.9 Å². The summed E-state index contributed by atoms with van der Waals surface area (Å²) in [6.45, 7) is 2.46. The molecule has 36 heavy (non-hydrogen) atoms. The molecule has 0 radical (unpaired) electrons. The van der Waals surface area contributed by atoms with E-state index in [0.717, 1.165) is 32.7 Å². The monoisotopic (exact) mass is 514 g/mol. The Morgan fingerprint density at radius 3 is 2.58 bits per heavy atom. The minimum atomic E-state index is -0.232. The summed E-state index contributed by atoms with van der Waals surface area (Å²) in [5, 5.41) is 7.75. The molecule has 2 atom stereocenters. The fraction of sp³-hybridized carbons (Fsp3) is 0.179. The van der Waals surface area contributed by atoms with Crippen molar-refractivity contribution in [3.8, 4) is 0 Å². The smallest absolute Gasteiger partial charge is 0.226 e. The lowest BCUT2D eigenvalue weighted by atomic mass is 10.0. The minimum Gasteiger partial charge on any atom is -0.452 e. The molecular formula is C28H26N4O2S2. The van der Waals surface area contributed by atoms with Gasteiger partial charge in [-0.2, -0.15) is 0 Å². The van der Waals surface area contributed by atoms with Crippen molar-refractivity contribution in [3.05, 3.63) is 108 Å². The number of thiocarbonyl (C=S) groups is 1. The molecule has 0 aliphatic carbocycles. The number of benzene rings is 2. The third kappa shape index (κ3) is 5.61. The number of hydrogen-bond donors (Lipinski definition) is 2. The van der Waals surface area contributed by atoms with Gasteiger partial charge in [0.05, 0.1) is 11.7 Å². The third-order valence-electron chi connectivity index (χ3n) is 5.97. The first-order valence-corrected chi connectivity index (χ1v) is 13.0. The van der Waals surface area contributed by atoms with E-state index in [9.17, 15) is 4.79 Å². The number of aryl methyl sites for hydroxylation is 1. The molecule has 2 aromatic carbocycles. The molecule has 4 aromatic rings. The molecule has 182 valence electrons. The highest BCUT2D eigenvalue weighted by atomic mass is 32.2. The summed E-state index contributed by atoms with van der Waals surface area (Å²) in [5.74, 6) is 0.705. The lowest BCUT2D eigenvalue weighted by Gasteiger charge is -2.25. The van der Waals surface area contributed by atoms with Gasteiger partial charge < -0.3 is 20.0 Å². The molecule has 6 nitrogen and oxygen atoms in total. The van der Waals surface area contributed by atoms with Crippen molar-refractivity contribution >= 4 is 40.7 Å². The maximum absolute atomic E-state index is 12.7. The second-order valence-electron chi connectivity index (χ2n) is 8.56. The van der Waals surface area contributed by atoms with E-state index in [1.165, 1.54) is 0 Å². The number of nitrogens with zero attached hydrogens (tertiary/aromatic N) is 2. The van der Waals surface area contributed by atoms with Crippen LogP contribution in [0.5, 0.6) is 0 Å². The summed E-state index contributed by atoms with van der Waals surface area (Å²) in [4.78, 5) is 20.4. The number of anilines is 1. The number of hydrogen-bond acceptors (Lipinski definition) is 5. The van der Waals surface area contributed by atoms with E-state index in [4.69, 9.17) is 16.6 Å². The lowest BCUT2D eigenvalue weighted by molar-refractivity contribution is -0.116. The van der Waals surface area contributed by atoms with Gasteiger partial charge in [-0.1, -0.05) is 53.7 Å². The Morgan fingerprint density at radius 2 is 1.83 bits per heavy atom. The van der Waals surface area contributed by atoms with E-state index >= 15 is 0 Å². The van der Waals surface area contributed by atoms with Gasteiger partial charge in [0.25, 0.3) is 0 Å². The number of pyridine rings is 1. The maximum atomic E-state index is 12.7. The van der Waals surface area contributed by atoms with Crippen LogP contribution in [0.4, 0.5) is 5.69 Å². The molecule has 3 heterocycles. The van der Waals surface area contributed by atoms with Crippen LogP contribution in [0, 0.1) is 6.92 Å². The minimum absolute atomic E-state index is 0.0681. The Bertz CT molecular complexity index is 1330. The van der Waals surface area contributed by atoms with Gasteiger partial charge in [-0.05, 0) is 67.7 Å². The van der Waals surface area contributed by atoms with E-state index in [0.29, 0.717) is 11.7 Å². The summed E-state index contributed by atoms with van der Waals surface area (Å²) in [7, 11) is 0. The van der Waals surface area contributed by atoms with Crippen LogP contribution < -0.4 is 10.6 Å². The third-order valence-corrected chi connectivity index (χ3v) is 7.25. The van der Waals surface area contributed by atoms with E-state index in [1.807, 2.05) is 84.6 Å². The average Bonchev–Trinajstić information content (AvgIpc) is 3.49. The Balaban J connectivity index is 1.35. The SMILES string of the molecule is Cc1ccc(NC(=O)CCN2C(=S)N[C@@H](c3ccccn3)[C@@H]2c2ccc(Sc3ccccc3)o2)cc1. The van der Waals surface area contributed by atoms with E-state index < -0.39 is 0 Å². The largest absolute Gasteiger partial charge is 0.452 e. The molecule has 1 aliphatic heterocycles. The molecule has 0 unspecified atom stereocenters. The molecule has 1 amide bonds. The molecule has 8 heteroatoms. The molecule has 2 N–H and O–H groups in total. The molecule has 1 fully saturated rings. The van der Waals surface area contributed by atoms with Crippen LogP contribution in [-0.2, 0) is 4.79 Å². The molecule has 5 rings (SSSR count). The highest BCUT2D eigenvalue weighted by molar-refractivity contribution is 7.99. The van der Waals surface area contributed by atoms with Gasteiger partial charge in [-0.15, -0.1) is 0 Å². The van der Waals surface area contributed by atoms with Gasteiger partial charge in [0.1, 0.15) is 11.8 Å².